The zero-order chi connectivity index (χ0) is 12.2. The van der Waals surface area contributed by atoms with Gasteiger partial charge in [0, 0.05) is 26.2 Å². The van der Waals surface area contributed by atoms with Crippen molar-refractivity contribution in [2.24, 2.45) is 0 Å². The van der Waals surface area contributed by atoms with Gasteiger partial charge in [-0.3, -0.25) is 0 Å². The number of rotatable bonds is 2. The molecule has 2 heterocycles. The van der Waals surface area contributed by atoms with Crippen molar-refractivity contribution in [2.75, 3.05) is 26.2 Å². The SMILES string of the molecule is C1=C(c2ccccc2)CCN(N2CCCCC2)C1. The Morgan fingerprint density at radius 1 is 0.778 bits per heavy atom. The molecule has 1 fully saturated rings. The summed E-state index contributed by atoms with van der Waals surface area (Å²) in [5, 5.41) is 5.09. The van der Waals surface area contributed by atoms with Crippen molar-refractivity contribution in [3.05, 3.63) is 42.0 Å². The zero-order valence-corrected chi connectivity index (χ0v) is 11.0. The van der Waals surface area contributed by atoms with Gasteiger partial charge in [0.2, 0.25) is 0 Å². The van der Waals surface area contributed by atoms with E-state index in [1.54, 1.807) is 0 Å². The van der Waals surface area contributed by atoms with E-state index in [2.05, 4.69) is 46.4 Å². The second-order valence-corrected chi connectivity index (χ2v) is 5.27. The minimum Gasteiger partial charge on any atom is -0.241 e. The van der Waals surface area contributed by atoms with Gasteiger partial charge in [-0.15, -0.1) is 0 Å². The standard InChI is InChI=1S/C16H22N2/c1-3-7-15(8-4-1)16-9-13-18(14-10-16)17-11-5-2-6-12-17/h1,3-4,7-9H,2,5-6,10-14H2. The Morgan fingerprint density at radius 3 is 2.22 bits per heavy atom. The van der Waals surface area contributed by atoms with Gasteiger partial charge in [0.15, 0.2) is 0 Å². The number of hydrogen-bond acceptors (Lipinski definition) is 2. The molecular formula is C16H22N2. The molecule has 0 N–H and O–H groups in total. The molecule has 3 rings (SSSR count). The molecule has 0 radical (unpaired) electrons. The third-order valence-electron chi connectivity index (χ3n) is 4.06. The Hall–Kier alpha value is -1.12. The van der Waals surface area contributed by atoms with Gasteiger partial charge in [-0.25, -0.2) is 10.0 Å². The summed E-state index contributed by atoms with van der Waals surface area (Å²) in [6.07, 6.45) is 7.74. The minimum atomic E-state index is 1.09. The summed E-state index contributed by atoms with van der Waals surface area (Å²) in [7, 11) is 0. The molecule has 2 aliphatic rings. The zero-order valence-electron chi connectivity index (χ0n) is 11.0. The summed E-state index contributed by atoms with van der Waals surface area (Å²) in [5.41, 5.74) is 2.92. The minimum absolute atomic E-state index is 1.09. The highest BCUT2D eigenvalue weighted by atomic mass is 15.6. The lowest BCUT2D eigenvalue weighted by Crippen LogP contribution is -2.47. The topological polar surface area (TPSA) is 6.48 Å². The molecule has 0 aromatic heterocycles. The molecule has 0 unspecified atom stereocenters. The van der Waals surface area contributed by atoms with E-state index in [9.17, 15) is 0 Å². The summed E-state index contributed by atoms with van der Waals surface area (Å²) < 4.78 is 0. The lowest BCUT2D eigenvalue weighted by molar-refractivity contribution is -0.0304. The number of piperidine rings is 1. The Kier molecular flexibility index (Phi) is 3.77. The van der Waals surface area contributed by atoms with Gasteiger partial charge < -0.3 is 0 Å². The molecule has 1 saturated heterocycles. The fourth-order valence-corrected chi connectivity index (χ4v) is 2.99. The van der Waals surface area contributed by atoms with E-state index >= 15 is 0 Å². The predicted molar refractivity (Wildman–Crippen MR) is 76.0 cm³/mol. The van der Waals surface area contributed by atoms with Crippen molar-refractivity contribution >= 4 is 5.57 Å². The molecule has 0 spiro atoms. The van der Waals surface area contributed by atoms with Crippen LogP contribution in [0.4, 0.5) is 0 Å². The van der Waals surface area contributed by atoms with Crippen LogP contribution in [0, 0.1) is 0 Å². The van der Waals surface area contributed by atoms with Crippen molar-refractivity contribution in [3.63, 3.8) is 0 Å². The van der Waals surface area contributed by atoms with Gasteiger partial charge >= 0.3 is 0 Å². The summed E-state index contributed by atoms with van der Waals surface area (Å²) in [6, 6.07) is 10.8. The van der Waals surface area contributed by atoms with E-state index in [0.29, 0.717) is 0 Å². The molecule has 1 aromatic rings. The molecule has 96 valence electrons. The normalized spacial score (nSPS) is 22.8. The average Bonchev–Trinajstić information content (AvgIpc) is 2.49. The van der Waals surface area contributed by atoms with Gasteiger partial charge in [-0.1, -0.05) is 42.8 Å². The van der Waals surface area contributed by atoms with Crippen LogP contribution >= 0.6 is 0 Å². The number of nitrogens with zero attached hydrogens (tertiary/aromatic N) is 2. The summed E-state index contributed by atoms with van der Waals surface area (Å²) in [5.74, 6) is 0. The van der Waals surface area contributed by atoms with Crippen molar-refractivity contribution in [1.82, 2.24) is 10.0 Å². The van der Waals surface area contributed by atoms with Gasteiger partial charge in [0.05, 0.1) is 0 Å². The molecule has 1 aromatic carbocycles. The van der Waals surface area contributed by atoms with Crippen LogP contribution in [-0.4, -0.2) is 36.2 Å². The van der Waals surface area contributed by atoms with Crippen LogP contribution in [0.1, 0.15) is 31.2 Å². The van der Waals surface area contributed by atoms with Crippen molar-refractivity contribution in [2.45, 2.75) is 25.7 Å². The first kappa shape index (κ1) is 11.9. The quantitative estimate of drug-likeness (QED) is 0.786. The predicted octanol–water partition coefficient (Wildman–Crippen LogP) is 3.18. The van der Waals surface area contributed by atoms with Crippen LogP contribution in [0.5, 0.6) is 0 Å². The second kappa shape index (κ2) is 5.68. The van der Waals surface area contributed by atoms with Gasteiger partial charge in [-0.05, 0) is 30.4 Å². The fraction of sp³-hybridized carbons (Fsp3) is 0.500. The highest BCUT2D eigenvalue weighted by molar-refractivity contribution is 5.66. The van der Waals surface area contributed by atoms with Gasteiger partial charge in [0.1, 0.15) is 0 Å². The molecule has 0 atom stereocenters. The molecular weight excluding hydrogens is 220 g/mol. The van der Waals surface area contributed by atoms with Crippen LogP contribution in [0.25, 0.3) is 5.57 Å². The average molecular weight is 242 g/mol. The maximum atomic E-state index is 2.56. The second-order valence-electron chi connectivity index (χ2n) is 5.27. The first-order chi connectivity index (χ1) is 8.93. The largest absolute Gasteiger partial charge is 0.241 e. The van der Waals surface area contributed by atoms with E-state index in [1.165, 1.54) is 56.5 Å². The molecule has 2 nitrogen and oxygen atoms in total. The number of hydrazine groups is 1. The smallest absolute Gasteiger partial charge is 0.0320 e. The first-order valence-electron chi connectivity index (χ1n) is 7.18. The summed E-state index contributed by atoms with van der Waals surface area (Å²) in [6.45, 7) is 4.79. The molecule has 2 heteroatoms. The molecule has 0 amide bonds. The highest BCUT2D eigenvalue weighted by Gasteiger charge is 2.20. The Balaban J connectivity index is 1.64. The molecule has 0 saturated carbocycles. The van der Waals surface area contributed by atoms with Crippen molar-refractivity contribution in [3.8, 4) is 0 Å². The summed E-state index contributed by atoms with van der Waals surface area (Å²) in [4.78, 5) is 0. The molecule has 2 aliphatic heterocycles. The van der Waals surface area contributed by atoms with Crippen LogP contribution in [0.3, 0.4) is 0 Å². The van der Waals surface area contributed by atoms with Crippen molar-refractivity contribution < 1.29 is 0 Å². The highest BCUT2D eigenvalue weighted by Crippen LogP contribution is 2.23. The van der Waals surface area contributed by atoms with E-state index in [-0.39, 0.29) is 0 Å². The Labute approximate surface area is 110 Å². The lowest BCUT2D eigenvalue weighted by Gasteiger charge is -2.39. The molecule has 0 bridgehead atoms. The van der Waals surface area contributed by atoms with Gasteiger partial charge in [-0.2, -0.15) is 0 Å². The summed E-state index contributed by atoms with van der Waals surface area (Å²) >= 11 is 0. The first-order valence-corrected chi connectivity index (χ1v) is 7.18. The van der Waals surface area contributed by atoms with Crippen LogP contribution in [0.2, 0.25) is 0 Å². The van der Waals surface area contributed by atoms with E-state index in [0.717, 1.165) is 6.54 Å². The van der Waals surface area contributed by atoms with Crippen LogP contribution in [0.15, 0.2) is 36.4 Å². The number of benzene rings is 1. The molecule has 18 heavy (non-hydrogen) atoms. The van der Waals surface area contributed by atoms with E-state index < -0.39 is 0 Å². The Morgan fingerprint density at radius 2 is 1.56 bits per heavy atom. The van der Waals surface area contributed by atoms with Gasteiger partial charge in [0.25, 0.3) is 0 Å². The van der Waals surface area contributed by atoms with Crippen LogP contribution < -0.4 is 0 Å². The van der Waals surface area contributed by atoms with E-state index in [4.69, 9.17) is 0 Å². The van der Waals surface area contributed by atoms with Crippen LogP contribution in [-0.2, 0) is 0 Å². The monoisotopic (exact) mass is 242 g/mol. The fourth-order valence-electron chi connectivity index (χ4n) is 2.99. The maximum absolute atomic E-state index is 2.56. The third-order valence-corrected chi connectivity index (χ3v) is 4.06. The Bertz CT molecular complexity index is 404. The van der Waals surface area contributed by atoms with E-state index in [1.807, 2.05) is 0 Å². The van der Waals surface area contributed by atoms with Crippen molar-refractivity contribution in [1.29, 1.82) is 0 Å². The maximum Gasteiger partial charge on any atom is 0.0320 e. The third kappa shape index (κ3) is 2.65. The molecule has 0 aliphatic carbocycles. The number of hydrogen-bond donors (Lipinski definition) is 0. The lowest BCUT2D eigenvalue weighted by atomic mass is 10.00.